The van der Waals surface area contributed by atoms with E-state index in [1.54, 1.807) is 13.8 Å². The van der Waals surface area contributed by atoms with Crippen molar-refractivity contribution in [3.8, 4) is 6.07 Å². The highest BCUT2D eigenvalue weighted by Gasteiger charge is 2.34. The van der Waals surface area contributed by atoms with E-state index >= 15 is 0 Å². The van der Waals surface area contributed by atoms with Crippen molar-refractivity contribution in [2.24, 2.45) is 0 Å². The molecular formula is C9H13N3O2. The summed E-state index contributed by atoms with van der Waals surface area (Å²) in [7, 11) is 0. The Morgan fingerprint density at radius 1 is 1.50 bits per heavy atom. The number of rotatable bonds is 2. The highest BCUT2D eigenvalue weighted by molar-refractivity contribution is 5.96. The van der Waals surface area contributed by atoms with E-state index in [0.29, 0.717) is 6.54 Å². The lowest BCUT2D eigenvalue weighted by atomic mass is 10.1. The minimum absolute atomic E-state index is 0.118. The zero-order valence-electron chi connectivity index (χ0n) is 8.28. The van der Waals surface area contributed by atoms with Crippen LogP contribution in [0.15, 0.2) is 0 Å². The summed E-state index contributed by atoms with van der Waals surface area (Å²) in [6.07, 6.45) is 0.260. The third-order valence-corrected chi connectivity index (χ3v) is 2.32. The third-order valence-electron chi connectivity index (χ3n) is 2.32. The minimum Gasteiger partial charge on any atom is -0.343 e. The molecule has 14 heavy (non-hydrogen) atoms. The van der Waals surface area contributed by atoms with Crippen LogP contribution in [0.5, 0.6) is 0 Å². The largest absolute Gasteiger partial charge is 0.343 e. The maximum Gasteiger partial charge on any atom is 0.245 e. The molecule has 0 saturated carbocycles. The van der Waals surface area contributed by atoms with E-state index in [0.717, 1.165) is 0 Å². The Morgan fingerprint density at radius 2 is 2.14 bits per heavy atom. The molecule has 1 rings (SSSR count). The third kappa shape index (κ3) is 1.84. The molecule has 0 spiro atoms. The Kier molecular flexibility index (Phi) is 3.07. The number of nitriles is 1. The van der Waals surface area contributed by atoms with Gasteiger partial charge in [-0.05, 0) is 13.8 Å². The van der Waals surface area contributed by atoms with Gasteiger partial charge in [0.25, 0.3) is 0 Å². The Labute approximate surface area is 82.7 Å². The predicted molar refractivity (Wildman–Crippen MR) is 49.0 cm³/mol. The topological polar surface area (TPSA) is 73.2 Å². The standard InChI is InChI=1S/C9H13N3O2/c1-6-9(14)12(5-3-4-10)7(2)8(13)11-6/h6-7H,3,5H2,1-2H3,(H,11,13)/t6-,7-/m1/s1. The SMILES string of the molecule is C[C@@H]1C(=O)N[C@H](C)C(=O)N1CCC#N. The van der Waals surface area contributed by atoms with Gasteiger partial charge in [0.15, 0.2) is 0 Å². The Balaban J connectivity index is 2.73. The van der Waals surface area contributed by atoms with Gasteiger partial charge in [-0.25, -0.2) is 0 Å². The molecule has 0 aliphatic carbocycles. The van der Waals surface area contributed by atoms with E-state index in [9.17, 15) is 9.59 Å². The van der Waals surface area contributed by atoms with Gasteiger partial charge < -0.3 is 10.2 Å². The van der Waals surface area contributed by atoms with Gasteiger partial charge in [0, 0.05) is 6.54 Å². The highest BCUT2D eigenvalue weighted by atomic mass is 16.2. The lowest BCUT2D eigenvalue weighted by Crippen LogP contribution is -2.61. The van der Waals surface area contributed by atoms with Crippen molar-refractivity contribution in [2.45, 2.75) is 32.4 Å². The summed E-state index contributed by atoms with van der Waals surface area (Å²) in [4.78, 5) is 24.4. The van der Waals surface area contributed by atoms with Crippen LogP contribution >= 0.6 is 0 Å². The average molecular weight is 195 g/mol. The molecule has 2 amide bonds. The second-order valence-electron chi connectivity index (χ2n) is 3.35. The molecule has 0 aromatic heterocycles. The minimum atomic E-state index is -0.475. The van der Waals surface area contributed by atoms with Crippen molar-refractivity contribution in [1.82, 2.24) is 10.2 Å². The second kappa shape index (κ2) is 4.09. The summed E-state index contributed by atoms with van der Waals surface area (Å²) in [6.45, 7) is 3.64. The van der Waals surface area contributed by atoms with Gasteiger partial charge in [-0.2, -0.15) is 5.26 Å². The van der Waals surface area contributed by atoms with E-state index in [-0.39, 0.29) is 18.2 Å². The first-order chi connectivity index (χ1) is 6.57. The Bertz CT molecular complexity index is 295. The zero-order valence-corrected chi connectivity index (χ0v) is 8.28. The molecule has 0 aromatic rings. The number of carbonyl (C=O) groups is 2. The van der Waals surface area contributed by atoms with Crippen molar-refractivity contribution >= 4 is 11.8 Å². The molecule has 1 heterocycles. The first kappa shape index (κ1) is 10.5. The number of piperazine rings is 1. The molecule has 1 saturated heterocycles. The van der Waals surface area contributed by atoms with E-state index in [2.05, 4.69) is 5.32 Å². The van der Waals surface area contributed by atoms with Gasteiger partial charge in [0.05, 0.1) is 12.5 Å². The lowest BCUT2D eigenvalue weighted by Gasteiger charge is -2.35. The van der Waals surface area contributed by atoms with Crippen LogP contribution in [0, 0.1) is 11.3 Å². The van der Waals surface area contributed by atoms with E-state index in [1.807, 2.05) is 6.07 Å². The molecule has 0 aromatic carbocycles. The maximum absolute atomic E-state index is 11.6. The van der Waals surface area contributed by atoms with Crippen LogP contribution in [-0.4, -0.2) is 35.3 Å². The number of nitrogens with zero attached hydrogens (tertiary/aromatic N) is 2. The van der Waals surface area contributed by atoms with E-state index < -0.39 is 12.1 Å². The van der Waals surface area contributed by atoms with E-state index in [4.69, 9.17) is 5.26 Å². The number of amides is 2. The maximum atomic E-state index is 11.6. The van der Waals surface area contributed by atoms with Crippen molar-refractivity contribution in [1.29, 1.82) is 5.26 Å². The molecule has 0 radical (unpaired) electrons. The van der Waals surface area contributed by atoms with Crippen LogP contribution in [0.25, 0.3) is 0 Å². The fourth-order valence-corrected chi connectivity index (χ4v) is 1.45. The highest BCUT2D eigenvalue weighted by Crippen LogP contribution is 2.09. The molecule has 2 atom stereocenters. The van der Waals surface area contributed by atoms with Crippen LogP contribution in [0.2, 0.25) is 0 Å². The normalized spacial score (nSPS) is 27.1. The molecule has 5 heteroatoms. The Hall–Kier alpha value is -1.57. The molecule has 5 nitrogen and oxygen atoms in total. The fourth-order valence-electron chi connectivity index (χ4n) is 1.45. The van der Waals surface area contributed by atoms with Crippen LogP contribution in [0.1, 0.15) is 20.3 Å². The smallest absolute Gasteiger partial charge is 0.245 e. The molecule has 0 unspecified atom stereocenters. The van der Waals surface area contributed by atoms with Gasteiger partial charge in [0.2, 0.25) is 11.8 Å². The predicted octanol–water partition coefficient (Wildman–Crippen LogP) is -0.365. The molecule has 76 valence electrons. The Morgan fingerprint density at radius 3 is 2.71 bits per heavy atom. The molecule has 1 N–H and O–H groups in total. The first-order valence-corrected chi connectivity index (χ1v) is 4.55. The average Bonchev–Trinajstić information content (AvgIpc) is 2.15. The summed E-state index contributed by atoms with van der Waals surface area (Å²) in [5, 5.41) is 11.0. The molecular weight excluding hydrogens is 182 g/mol. The number of hydrogen-bond donors (Lipinski definition) is 1. The number of hydrogen-bond acceptors (Lipinski definition) is 3. The molecule has 1 fully saturated rings. The van der Waals surface area contributed by atoms with Gasteiger partial charge >= 0.3 is 0 Å². The van der Waals surface area contributed by atoms with E-state index in [1.165, 1.54) is 4.90 Å². The van der Waals surface area contributed by atoms with Crippen LogP contribution in [0.3, 0.4) is 0 Å². The van der Waals surface area contributed by atoms with Crippen molar-refractivity contribution < 1.29 is 9.59 Å². The monoisotopic (exact) mass is 195 g/mol. The number of carbonyl (C=O) groups excluding carboxylic acids is 2. The second-order valence-corrected chi connectivity index (χ2v) is 3.35. The van der Waals surface area contributed by atoms with Crippen molar-refractivity contribution in [3.63, 3.8) is 0 Å². The van der Waals surface area contributed by atoms with Crippen LogP contribution in [-0.2, 0) is 9.59 Å². The van der Waals surface area contributed by atoms with Gasteiger partial charge in [-0.1, -0.05) is 0 Å². The lowest BCUT2D eigenvalue weighted by molar-refractivity contribution is -0.147. The summed E-state index contributed by atoms with van der Waals surface area (Å²) in [6, 6.07) is 1.02. The molecule has 1 aliphatic rings. The number of nitrogens with one attached hydrogen (secondary N) is 1. The molecule has 0 bridgehead atoms. The molecule has 1 aliphatic heterocycles. The summed E-state index contributed by atoms with van der Waals surface area (Å²) in [5.74, 6) is -0.276. The van der Waals surface area contributed by atoms with Crippen molar-refractivity contribution in [2.75, 3.05) is 6.54 Å². The summed E-state index contributed by atoms with van der Waals surface area (Å²) >= 11 is 0. The van der Waals surface area contributed by atoms with Crippen molar-refractivity contribution in [3.05, 3.63) is 0 Å². The van der Waals surface area contributed by atoms with Gasteiger partial charge in [-0.15, -0.1) is 0 Å². The van der Waals surface area contributed by atoms with Gasteiger partial charge in [0.1, 0.15) is 12.1 Å². The summed E-state index contributed by atoms with van der Waals surface area (Å²) < 4.78 is 0. The first-order valence-electron chi connectivity index (χ1n) is 4.55. The van der Waals surface area contributed by atoms with Crippen LogP contribution < -0.4 is 5.32 Å². The van der Waals surface area contributed by atoms with Gasteiger partial charge in [-0.3, -0.25) is 9.59 Å². The fraction of sp³-hybridized carbons (Fsp3) is 0.667. The zero-order chi connectivity index (χ0) is 10.7. The summed E-state index contributed by atoms with van der Waals surface area (Å²) in [5.41, 5.74) is 0. The quantitative estimate of drug-likeness (QED) is 0.653. The van der Waals surface area contributed by atoms with Crippen LogP contribution in [0.4, 0.5) is 0 Å².